The maximum Gasteiger partial charge on any atom is 0.0436 e. The van der Waals surface area contributed by atoms with E-state index >= 15 is 0 Å². The number of aliphatic hydroxyl groups is 1. The Balaban J connectivity index is 2.27. The van der Waals surface area contributed by atoms with E-state index in [-0.39, 0.29) is 0 Å². The molecule has 1 aliphatic rings. The summed E-state index contributed by atoms with van der Waals surface area (Å²) < 4.78 is 0. The van der Waals surface area contributed by atoms with E-state index in [9.17, 15) is 0 Å². The molecule has 1 heteroatoms. The zero-order valence-electron chi connectivity index (χ0n) is 8.58. The summed E-state index contributed by atoms with van der Waals surface area (Å²) in [5, 5.41) is 9.04. The molecule has 1 aromatic carbocycles. The Morgan fingerprint density at radius 2 is 2.07 bits per heavy atom. The summed E-state index contributed by atoms with van der Waals surface area (Å²) in [6.07, 6.45) is 6.00. The van der Waals surface area contributed by atoms with Gasteiger partial charge in [-0.3, -0.25) is 0 Å². The van der Waals surface area contributed by atoms with Gasteiger partial charge < -0.3 is 5.11 Å². The van der Waals surface area contributed by atoms with Gasteiger partial charge in [-0.15, -0.1) is 0 Å². The van der Waals surface area contributed by atoms with Gasteiger partial charge in [0.05, 0.1) is 0 Å². The molecule has 1 unspecified atom stereocenters. The van der Waals surface area contributed by atoms with Crippen LogP contribution in [0.4, 0.5) is 0 Å². The van der Waals surface area contributed by atoms with Crippen LogP contribution in [0.25, 0.3) is 0 Å². The second kappa shape index (κ2) is 4.61. The number of benzene rings is 1. The molecular weight excluding hydrogens is 172 g/mol. The van der Waals surface area contributed by atoms with Crippen molar-refractivity contribution in [2.45, 2.75) is 38.0 Å². The smallest absolute Gasteiger partial charge is 0.0436 e. The van der Waals surface area contributed by atoms with Crippen molar-refractivity contribution in [2.75, 3.05) is 6.61 Å². The molecule has 0 heterocycles. The lowest BCUT2D eigenvalue weighted by atomic mass is 9.90. The second-order valence-electron chi connectivity index (χ2n) is 4.15. The molecule has 0 fully saturated rings. The van der Waals surface area contributed by atoms with Crippen LogP contribution in [-0.2, 0) is 6.42 Å². The van der Waals surface area contributed by atoms with E-state index in [0.29, 0.717) is 12.5 Å². The van der Waals surface area contributed by atoms with Gasteiger partial charge in [-0.2, -0.15) is 0 Å². The lowest BCUT2D eigenvalue weighted by molar-refractivity contribution is 0.272. The summed E-state index contributed by atoms with van der Waals surface area (Å²) in [5.41, 5.74) is 2.99. The summed E-state index contributed by atoms with van der Waals surface area (Å²) in [4.78, 5) is 0. The first-order valence-electron chi connectivity index (χ1n) is 5.60. The minimum Gasteiger partial charge on any atom is -0.396 e. The van der Waals surface area contributed by atoms with Crippen LogP contribution >= 0.6 is 0 Å². The third-order valence-electron chi connectivity index (χ3n) is 3.22. The van der Waals surface area contributed by atoms with E-state index in [1.807, 2.05) is 0 Å². The average Bonchev–Trinajstić information content (AvgIpc) is 2.42. The highest BCUT2D eigenvalue weighted by atomic mass is 16.3. The number of rotatable bonds is 2. The Hall–Kier alpha value is -0.820. The molecule has 0 spiro atoms. The summed E-state index contributed by atoms with van der Waals surface area (Å²) in [5.74, 6) is 0.596. The van der Waals surface area contributed by atoms with Crippen LogP contribution in [0, 0.1) is 0 Å². The summed E-state index contributed by atoms with van der Waals surface area (Å²) in [7, 11) is 0. The lowest BCUT2D eigenvalue weighted by Crippen LogP contribution is -2.02. The number of hydrogen-bond donors (Lipinski definition) is 1. The van der Waals surface area contributed by atoms with Crippen molar-refractivity contribution in [3.8, 4) is 0 Å². The molecule has 1 aliphatic carbocycles. The molecule has 2 rings (SSSR count). The first kappa shape index (κ1) is 9.72. The Morgan fingerprint density at radius 1 is 1.21 bits per heavy atom. The molecule has 0 bridgehead atoms. The first-order chi connectivity index (χ1) is 6.92. The van der Waals surface area contributed by atoms with Crippen LogP contribution in [0.3, 0.4) is 0 Å². The summed E-state index contributed by atoms with van der Waals surface area (Å²) >= 11 is 0. The van der Waals surface area contributed by atoms with Crippen LogP contribution in [0.1, 0.15) is 42.7 Å². The van der Waals surface area contributed by atoms with Crippen LogP contribution in [0.5, 0.6) is 0 Å². The fraction of sp³-hybridized carbons (Fsp3) is 0.538. The maximum absolute atomic E-state index is 9.04. The third kappa shape index (κ3) is 1.98. The largest absolute Gasteiger partial charge is 0.396 e. The summed E-state index contributed by atoms with van der Waals surface area (Å²) in [6.45, 7) is 0.318. The number of aryl methyl sites for hydroxylation is 1. The van der Waals surface area contributed by atoms with Crippen LogP contribution in [-0.4, -0.2) is 11.7 Å². The minimum absolute atomic E-state index is 0.318. The van der Waals surface area contributed by atoms with Gasteiger partial charge in [-0.25, -0.2) is 0 Å². The minimum atomic E-state index is 0.318. The fourth-order valence-electron chi connectivity index (χ4n) is 2.48. The Bertz CT molecular complexity index is 293. The highest BCUT2D eigenvalue weighted by molar-refractivity contribution is 5.31. The molecule has 0 saturated heterocycles. The van der Waals surface area contributed by atoms with E-state index in [1.54, 1.807) is 0 Å². The van der Waals surface area contributed by atoms with Crippen molar-refractivity contribution in [2.24, 2.45) is 0 Å². The van der Waals surface area contributed by atoms with Crippen LogP contribution in [0.2, 0.25) is 0 Å². The third-order valence-corrected chi connectivity index (χ3v) is 3.22. The molecule has 1 atom stereocenters. The fourth-order valence-corrected chi connectivity index (χ4v) is 2.48. The molecule has 76 valence electrons. The van der Waals surface area contributed by atoms with E-state index in [4.69, 9.17) is 5.11 Å². The molecule has 0 aliphatic heterocycles. The van der Waals surface area contributed by atoms with E-state index in [0.717, 1.165) is 6.42 Å². The number of aliphatic hydroxyl groups excluding tert-OH is 1. The van der Waals surface area contributed by atoms with Gasteiger partial charge in [0.15, 0.2) is 0 Å². The van der Waals surface area contributed by atoms with Crippen molar-refractivity contribution >= 4 is 0 Å². The SMILES string of the molecule is OCCC1CCCCc2ccccc21. The number of hydrogen-bond acceptors (Lipinski definition) is 1. The average molecular weight is 190 g/mol. The van der Waals surface area contributed by atoms with E-state index in [2.05, 4.69) is 24.3 Å². The van der Waals surface area contributed by atoms with Crippen molar-refractivity contribution < 1.29 is 5.11 Å². The van der Waals surface area contributed by atoms with Crippen molar-refractivity contribution in [1.29, 1.82) is 0 Å². The molecule has 1 N–H and O–H groups in total. The van der Waals surface area contributed by atoms with Gasteiger partial charge in [0.2, 0.25) is 0 Å². The van der Waals surface area contributed by atoms with Gasteiger partial charge in [0.1, 0.15) is 0 Å². The molecule has 14 heavy (non-hydrogen) atoms. The van der Waals surface area contributed by atoms with Gasteiger partial charge >= 0.3 is 0 Å². The Morgan fingerprint density at radius 3 is 2.93 bits per heavy atom. The van der Waals surface area contributed by atoms with Gasteiger partial charge in [0, 0.05) is 6.61 Å². The highest BCUT2D eigenvalue weighted by Crippen LogP contribution is 2.32. The van der Waals surface area contributed by atoms with Crippen molar-refractivity contribution in [3.05, 3.63) is 35.4 Å². The van der Waals surface area contributed by atoms with E-state index < -0.39 is 0 Å². The molecule has 0 amide bonds. The van der Waals surface area contributed by atoms with Crippen molar-refractivity contribution in [3.63, 3.8) is 0 Å². The quantitative estimate of drug-likeness (QED) is 0.711. The standard InChI is InChI=1S/C13H18O/c14-10-9-12-7-2-1-5-11-6-3-4-8-13(11)12/h3-4,6,8,12,14H,1-2,5,7,9-10H2. The molecular formula is C13H18O. The van der Waals surface area contributed by atoms with E-state index in [1.165, 1.54) is 36.8 Å². The Labute approximate surface area is 85.8 Å². The molecule has 1 nitrogen and oxygen atoms in total. The zero-order valence-corrected chi connectivity index (χ0v) is 8.58. The zero-order chi connectivity index (χ0) is 9.80. The second-order valence-corrected chi connectivity index (χ2v) is 4.15. The maximum atomic E-state index is 9.04. The van der Waals surface area contributed by atoms with Crippen LogP contribution < -0.4 is 0 Å². The first-order valence-corrected chi connectivity index (χ1v) is 5.60. The molecule has 0 aromatic heterocycles. The van der Waals surface area contributed by atoms with Crippen molar-refractivity contribution in [1.82, 2.24) is 0 Å². The molecule has 0 radical (unpaired) electrons. The van der Waals surface area contributed by atoms with Gasteiger partial charge in [0.25, 0.3) is 0 Å². The monoisotopic (exact) mass is 190 g/mol. The number of fused-ring (bicyclic) bond motifs is 1. The summed E-state index contributed by atoms with van der Waals surface area (Å²) in [6, 6.07) is 8.72. The predicted octanol–water partition coefficient (Wildman–Crippen LogP) is 2.88. The normalized spacial score (nSPS) is 21.4. The topological polar surface area (TPSA) is 20.2 Å². The molecule has 0 saturated carbocycles. The lowest BCUT2D eigenvalue weighted by Gasteiger charge is -2.15. The van der Waals surface area contributed by atoms with Crippen LogP contribution in [0.15, 0.2) is 24.3 Å². The molecule has 1 aromatic rings. The van der Waals surface area contributed by atoms with Gasteiger partial charge in [-0.1, -0.05) is 30.7 Å². The van der Waals surface area contributed by atoms with Gasteiger partial charge in [-0.05, 0) is 42.7 Å². The highest BCUT2D eigenvalue weighted by Gasteiger charge is 2.17. The predicted molar refractivity (Wildman–Crippen MR) is 58.4 cm³/mol. The Kier molecular flexibility index (Phi) is 3.20.